The minimum absolute atomic E-state index is 0.0188. The van der Waals surface area contributed by atoms with Gasteiger partial charge >= 0.3 is 0 Å². The minimum Gasteiger partial charge on any atom is -0.355 e. The van der Waals surface area contributed by atoms with E-state index >= 15 is 0 Å². The van der Waals surface area contributed by atoms with Gasteiger partial charge in [-0.15, -0.1) is 0 Å². The maximum atomic E-state index is 12.7. The van der Waals surface area contributed by atoms with Gasteiger partial charge < -0.3 is 10.2 Å². The van der Waals surface area contributed by atoms with Gasteiger partial charge in [0.05, 0.1) is 6.04 Å². The predicted molar refractivity (Wildman–Crippen MR) is 110 cm³/mol. The molecule has 1 aromatic heterocycles. The summed E-state index contributed by atoms with van der Waals surface area (Å²) in [6.07, 6.45) is 6.26. The Balaban J connectivity index is 1.64. The Labute approximate surface area is 162 Å². The Hall–Kier alpha value is -2.40. The van der Waals surface area contributed by atoms with Gasteiger partial charge in [0.1, 0.15) is 5.82 Å². The molecule has 5 nitrogen and oxygen atoms in total. The highest BCUT2D eigenvalue weighted by atomic mass is 16.2. The van der Waals surface area contributed by atoms with Crippen LogP contribution in [0.3, 0.4) is 0 Å². The molecule has 2 aromatic rings. The fourth-order valence-corrected chi connectivity index (χ4v) is 3.73. The molecule has 1 fully saturated rings. The number of carbonyl (C=O) groups is 1. The molecule has 0 bridgehead atoms. The molecule has 3 rings (SSSR count). The Morgan fingerprint density at radius 1 is 1.19 bits per heavy atom. The third-order valence-corrected chi connectivity index (χ3v) is 5.27. The number of hydrogen-bond donors (Lipinski definition) is 1. The number of nitrogens with one attached hydrogen (secondary N) is 1. The molecule has 1 aliphatic rings. The van der Waals surface area contributed by atoms with Crippen LogP contribution in [0.2, 0.25) is 0 Å². The molecule has 0 unspecified atom stereocenters. The lowest BCUT2D eigenvalue weighted by Crippen LogP contribution is -2.44. The van der Waals surface area contributed by atoms with Gasteiger partial charge in [0.15, 0.2) is 0 Å². The van der Waals surface area contributed by atoms with Crippen LogP contribution in [0, 0.1) is 0 Å². The number of benzene rings is 1. The van der Waals surface area contributed by atoms with Crippen LogP contribution in [0.25, 0.3) is 0 Å². The summed E-state index contributed by atoms with van der Waals surface area (Å²) in [4.78, 5) is 21.6. The quantitative estimate of drug-likeness (QED) is 0.853. The van der Waals surface area contributed by atoms with Gasteiger partial charge in [-0.2, -0.15) is 0 Å². The molecule has 1 amide bonds. The first kappa shape index (κ1) is 19.4. The lowest BCUT2D eigenvalue weighted by molar-refractivity contribution is -0.126. The van der Waals surface area contributed by atoms with Gasteiger partial charge in [-0.3, -0.25) is 9.69 Å². The van der Waals surface area contributed by atoms with Crippen LogP contribution in [0.4, 0.5) is 5.82 Å². The van der Waals surface area contributed by atoms with Gasteiger partial charge in [-0.1, -0.05) is 49.2 Å². The molecule has 0 aliphatic carbocycles. The van der Waals surface area contributed by atoms with Crippen molar-refractivity contribution >= 4 is 11.7 Å². The number of rotatable bonds is 6. The first-order chi connectivity index (χ1) is 13.1. The smallest absolute Gasteiger partial charge is 0.237 e. The van der Waals surface area contributed by atoms with E-state index in [0.717, 1.165) is 37.3 Å². The third-order valence-electron chi connectivity index (χ3n) is 5.27. The molecule has 1 N–H and O–H groups in total. The van der Waals surface area contributed by atoms with E-state index in [1.54, 1.807) is 6.20 Å². The standard InChI is InChI=1S/C22H30N4O/c1-25-15-8-4-7-13-20(25)22(27)24-16-19-12-9-14-23-21(19)26(2)17-18-10-5-3-6-11-18/h3,5-6,9-12,14,20H,4,7-8,13,15-17H2,1-2H3,(H,24,27)/t20-/m0/s1. The van der Waals surface area contributed by atoms with E-state index in [0.29, 0.717) is 6.54 Å². The number of pyridine rings is 1. The molecule has 1 atom stereocenters. The Bertz CT molecular complexity index is 734. The van der Waals surface area contributed by atoms with Crippen molar-refractivity contribution < 1.29 is 4.79 Å². The summed E-state index contributed by atoms with van der Waals surface area (Å²) in [5, 5.41) is 3.14. The van der Waals surface area contributed by atoms with E-state index in [9.17, 15) is 4.79 Å². The van der Waals surface area contributed by atoms with E-state index in [-0.39, 0.29) is 11.9 Å². The SMILES string of the molecule is CN(Cc1ccccc1)c1ncccc1CNC(=O)[C@@H]1CCCCCN1C. The number of nitrogens with zero attached hydrogens (tertiary/aromatic N) is 3. The zero-order chi connectivity index (χ0) is 19.1. The third kappa shape index (κ3) is 5.30. The summed E-state index contributed by atoms with van der Waals surface area (Å²) in [6, 6.07) is 14.3. The summed E-state index contributed by atoms with van der Waals surface area (Å²) in [7, 11) is 4.10. The molecule has 5 heteroatoms. The number of hydrogen-bond acceptors (Lipinski definition) is 4. The topological polar surface area (TPSA) is 48.5 Å². The molecule has 27 heavy (non-hydrogen) atoms. The average molecular weight is 367 g/mol. The van der Waals surface area contributed by atoms with E-state index < -0.39 is 0 Å². The summed E-state index contributed by atoms with van der Waals surface area (Å²) < 4.78 is 0. The zero-order valence-corrected chi connectivity index (χ0v) is 16.4. The van der Waals surface area contributed by atoms with E-state index in [4.69, 9.17) is 0 Å². The summed E-state index contributed by atoms with van der Waals surface area (Å²) in [6.45, 7) is 2.28. The number of likely N-dealkylation sites (N-methyl/N-ethyl adjacent to an activating group) is 1. The van der Waals surface area contributed by atoms with Crippen molar-refractivity contribution in [2.24, 2.45) is 0 Å². The van der Waals surface area contributed by atoms with Crippen molar-refractivity contribution in [3.8, 4) is 0 Å². The van der Waals surface area contributed by atoms with Crippen LogP contribution in [-0.2, 0) is 17.9 Å². The van der Waals surface area contributed by atoms with Gasteiger partial charge in [0.25, 0.3) is 0 Å². The molecule has 1 aliphatic heterocycles. The second-order valence-electron chi connectivity index (χ2n) is 7.39. The number of amides is 1. The van der Waals surface area contributed by atoms with E-state index in [2.05, 4.69) is 39.3 Å². The molecule has 144 valence electrons. The fraction of sp³-hybridized carbons (Fsp3) is 0.455. The van der Waals surface area contributed by atoms with Crippen LogP contribution >= 0.6 is 0 Å². The summed E-state index contributed by atoms with van der Waals surface area (Å²) in [5.41, 5.74) is 2.28. The van der Waals surface area contributed by atoms with Crippen molar-refractivity contribution in [2.75, 3.05) is 25.5 Å². The van der Waals surface area contributed by atoms with Crippen LogP contribution in [0.5, 0.6) is 0 Å². The number of anilines is 1. The highest BCUT2D eigenvalue weighted by Crippen LogP contribution is 2.19. The fourth-order valence-electron chi connectivity index (χ4n) is 3.73. The van der Waals surface area contributed by atoms with Gasteiger partial charge in [-0.25, -0.2) is 4.98 Å². The second-order valence-corrected chi connectivity index (χ2v) is 7.39. The van der Waals surface area contributed by atoms with Crippen LogP contribution in [0.1, 0.15) is 36.8 Å². The maximum Gasteiger partial charge on any atom is 0.237 e. The zero-order valence-electron chi connectivity index (χ0n) is 16.4. The summed E-state index contributed by atoms with van der Waals surface area (Å²) in [5.74, 6) is 1.04. The van der Waals surface area contributed by atoms with Crippen molar-refractivity contribution in [1.29, 1.82) is 0 Å². The molecule has 1 aromatic carbocycles. The number of aromatic nitrogens is 1. The highest BCUT2D eigenvalue weighted by Gasteiger charge is 2.24. The monoisotopic (exact) mass is 366 g/mol. The average Bonchev–Trinajstić information content (AvgIpc) is 2.91. The summed E-state index contributed by atoms with van der Waals surface area (Å²) >= 11 is 0. The van der Waals surface area contributed by atoms with Crippen LogP contribution in [0.15, 0.2) is 48.7 Å². The predicted octanol–water partition coefficient (Wildman–Crippen LogP) is 3.21. The van der Waals surface area contributed by atoms with Gasteiger partial charge in [-0.05, 0) is 38.1 Å². The van der Waals surface area contributed by atoms with Crippen molar-refractivity contribution in [3.05, 3.63) is 59.8 Å². The normalized spacial score (nSPS) is 17.9. The first-order valence-electron chi connectivity index (χ1n) is 9.82. The second kappa shape index (κ2) is 9.51. The van der Waals surface area contributed by atoms with Gasteiger partial charge in [0, 0.05) is 31.9 Å². The Morgan fingerprint density at radius 2 is 2.00 bits per heavy atom. The van der Waals surface area contributed by atoms with Gasteiger partial charge in [0.2, 0.25) is 5.91 Å². The molecule has 0 spiro atoms. The molecular formula is C22H30N4O. The van der Waals surface area contributed by atoms with E-state index in [1.165, 1.54) is 18.4 Å². The Kier molecular flexibility index (Phi) is 6.82. The molecule has 0 radical (unpaired) electrons. The first-order valence-corrected chi connectivity index (χ1v) is 9.82. The lowest BCUT2D eigenvalue weighted by Gasteiger charge is -2.25. The molecule has 2 heterocycles. The van der Waals surface area contributed by atoms with Crippen LogP contribution in [-0.4, -0.2) is 42.5 Å². The lowest BCUT2D eigenvalue weighted by atomic mass is 10.1. The Morgan fingerprint density at radius 3 is 2.81 bits per heavy atom. The van der Waals surface area contributed by atoms with Crippen molar-refractivity contribution in [1.82, 2.24) is 15.2 Å². The van der Waals surface area contributed by atoms with Crippen molar-refractivity contribution in [3.63, 3.8) is 0 Å². The molecule has 0 saturated carbocycles. The number of carbonyl (C=O) groups excluding carboxylic acids is 1. The maximum absolute atomic E-state index is 12.7. The van der Waals surface area contributed by atoms with E-state index in [1.807, 2.05) is 37.4 Å². The number of likely N-dealkylation sites (tertiary alicyclic amines) is 1. The largest absolute Gasteiger partial charge is 0.355 e. The molecule has 1 saturated heterocycles. The highest BCUT2D eigenvalue weighted by molar-refractivity contribution is 5.81. The molecular weight excluding hydrogens is 336 g/mol. The van der Waals surface area contributed by atoms with Crippen molar-refractivity contribution in [2.45, 2.75) is 44.8 Å². The minimum atomic E-state index is -0.0188. The van der Waals surface area contributed by atoms with Crippen LogP contribution < -0.4 is 10.2 Å².